The Morgan fingerprint density at radius 3 is 2.30 bits per heavy atom. The molecule has 4 amide bonds. The molecule has 1 aliphatic rings. The minimum Gasteiger partial charge on any atom is -0.324 e. The molecule has 1 fully saturated rings. The number of amides is 4. The second-order valence-electron chi connectivity index (χ2n) is 9.02. The van der Waals surface area contributed by atoms with Crippen molar-refractivity contribution in [1.29, 1.82) is 0 Å². The van der Waals surface area contributed by atoms with E-state index in [0.717, 1.165) is 10.5 Å². The monoisotopic (exact) mass is 472 g/mol. The van der Waals surface area contributed by atoms with Gasteiger partial charge in [0.2, 0.25) is 15.9 Å². The highest BCUT2D eigenvalue weighted by molar-refractivity contribution is 7.89. The molecule has 0 spiro atoms. The first-order chi connectivity index (χ1) is 15.3. The first-order valence-corrected chi connectivity index (χ1v) is 11.9. The number of aryl methyl sites for hydroxylation is 1. The molecular weight excluding hydrogens is 444 g/mol. The van der Waals surface area contributed by atoms with Crippen LogP contribution in [-0.4, -0.2) is 49.3 Å². The van der Waals surface area contributed by atoms with Crippen LogP contribution >= 0.6 is 0 Å². The molecule has 176 valence electrons. The number of anilines is 2. The number of urea groups is 1. The lowest BCUT2D eigenvalue weighted by atomic mass is 10.1. The summed E-state index contributed by atoms with van der Waals surface area (Å²) in [5.74, 6) is -1.10. The van der Waals surface area contributed by atoms with Crippen LogP contribution in [0, 0.1) is 6.92 Å². The normalized spacial score (nSPS) is 16.9. The van der Waals surface area contributed by atoms with E-state index < -0.39 is 46.0 Å². The van der Waals surface area contributed by atoms with Gasteiger partial charge >= 0.3 is 6.03 Å². The van der Waals surface area contributed by atoms with Crippen molar-refractivity contribution in [1.82, 2.24) is 9.62 Å². The molecule has 2 N–H and O–H groups in total. The van der Waals surface area contributed by atoms with Crippen molar-refractivity contribution >= 4 is 39.2 Å². The topological polar surface area (TPSA) is 116 Å². The second-order valence-corrected chi connectivity index (χ2v) is 10.7. The zero-order valence-electron chi connectivity index (χ0n) is 19.2. The molecule has 2 aromatic carbocycles. The van der Waals surface area contributed by atoms with Gasteiger partial charge in [-0.2, -0.15) is 0 Å². The van der Waals surface area contributed by atoms with E-state index in [-0.39, 0.29) is 10.6 Å². The quantitative estimate of drug-likeness (QED) is 0.627. The third kappa shape index (κ3) is 5.58. The van der Waals surface area contributed by atoms with Crippen LogP contribution in [0.4, 0.5) is 16.2 Å². The first-order valence-electron chi connectivity index (χ1n) is 10.4. The maximum absolute atomic E-state index is 12.9. The van der Waals surface area contributed by atoms with Crippen LogP contribution < -0.4 is 14.9 Å². The number of benzene rings is 2. The minimum atomic E-state index is -3.79. The standard InChI is InChI=1S/C23H28N4O5S/c1-15-9-11-18(12-10-15)27-16(2)21(29)26(22(27)30)14-20(28)24-17-7-6-8-19(13-17)33(31,32)25-23(3,4)5/h6-13,16,25H,14H2,1-5H3,(H,24,28)/t16-/m0/s1. The van der Waals surface area contributed by atoms with Gasteiger partial charge in [-0.15, -0.1) is 0 Å². The summed E-state index contributed by atoms with van der Waals surface area (Å²) in [4.78, 5) is 40.4. The van der Waals surface area contributed by atoms with Crippen molar-refractivity contribution in [3.8, 4) is 0 Å². The summed E-state index contributed by atoms with van der Waals surface area (Å²) >= 11 is 0. The van der Waals surface area contributed by atoms with Gasteiger partial charge in [0.25, 0.3) is 5.91 Å². The molecule has 9 nitrogen and oxygen atoms in total. The van der Waals surface area contributed by atoms with Gasteiger partial charge in [-0.1, -0.05) is 23.8 Å². The summed E-state index contributed by atoms with van der Waals surface area (Å²) in [6.45, 7) is 8.21. The van der Waals surface area contributed by atoms with Crippen molar-refractivity contribution in [2.45, 2.75) is 51.1 Å². The summed E-state index contributed by atoms with van der Waals surface area (Å²) < 4.78 is 27.7. The van der Waals surface area contributed by atoms with Gasteiger partial charge in [0.05, 0.1) is 4.90 Å². The summed E-state index contributed by atoms with van der Waals surface area (Å²) in [6.07, 6.45) is 0. The Kier molecular flexibility index (Phi) is 6.62. The molecule has 0 radical (unpaired) electrons. The Morgan fingerprint density at radius 2 is 1.70 bits per heavy atom. The average Bonchev–Trinajstić information content (AvgIpc) is 2.90. The molecule has 1 atom stereocenters. The smallest absolute Gasteiger partial charge is 0.324 e. The Morgan fingerprint density at radius 1 is 1.06 bits per heavy atom. The number of rotatable bonds is 6. The van der Waals surface area contributed by atoms with E-state index in [9.17, 15) is 22.8 Å². The molecule has 10 heteroatoms. The van der Waals surface area contributed by atoms with Gasteiger partial charge in [0, 0.05) is 16.9 Å². The average molecular weight is 473 g/mol. The lowest BCUT2D eigenvalue weighted by Crippen LogP contribution is -2.40. The highest BCUT2D eigenvalue weighted by Gasteiger charge is 2.44. The number of imide groups is 1. The fraction of sp³-hybridized carbons (Fsp3) is 0.348. The summed E-state index contributed by atoms with van der Waals surface area (Å²) in [7, 11) is -3.79. The van der Waals surface area contributed by atoms with Crippen LogP contribution in [0.1, 0.15) is 33.3 Å². The van der Waals surface area contributed by atoms with Crippen LogP contribution in [0.15, 0.2) is 53.4 Å². The third-order valence-electron chi connectivity index (χ3n) is 4.93. The van der Waals surface area contributed by atoms with E-state index >= 15 is 0 Å². The molecule has 0 aliphatic carbocycles. The molecule has 1 saturated heterocycles. The second kappa shape index (κ2) is 8.95. The van der Waals surface area contributed by atoms with Crippen LogP contribution in [0.5, 0.6) is 0 Å². The van der Waals surface area contributed by atoms with Crippen molar-refractivity contribution in [3.05, 3.63) is 54.1 Å². The maximum atomic E-state index is 12.9. The molecule has 0 saturated carbocycles. The van der Waals surface area contributed by atoms with E-state index in [0.29, 0.717) is 5.69 Å². The lowest BCUT2D eigenvalue weighted by molar-refractivity contribution is -0.130. The zero-order valence-corrected chi connectivity index (χ0v) is 20.1. The molecular formula is C23H28N4O5S. The maximum Gasteiger partial charge on any atom is 0.332 e. The third-order valence-corrected chi connectivity index (χ3v) is 6.69. The highest BCUT2D eigenvalue weighted by atomic mass is 32.2. The minimum absolute atomic E-state index is 0.0114. The predicted molar refractivity (Wildman–Crippen MR) is 125 cm³/mol. The van der Waals surface area contributed by atoms with E-state index in [1.807, 2.05) is 19.1 Å². The Balaban J connectivity index is 1.73. The SMILES string of the molecule is Cc1ccc(N2C(=O)N(CC(=O)Nc3cccc(S(=O)(=O)NC(C)(C)C)c3)C(=O)[C@@H]2C)cc1. The number of nitrogens with one attached hydrogen (secondary N) is 2. The predicted octanol–water partition coefficient (Wildman–Crippen LogP) is 2.87. The molecule has 2 aromatic rings. The number of hydrogen-bond donors (Lipinski definition) is 2. The Bertz CT molecular complexity index is 1190. The molecule has 33 heavy (non-hydrogen) atoms. The van der Waals surface area contributed by atoms with Gasteiger partial charge in [0.15, 0.2) is 0 Å². The van der Waals surface area contributed by atoms with E-state index in [1.165, 1.54) is 29.2 Å². The van der Waals surface area contributed by atoms with E-state index in [1.54, 1.807) is 39.8 Å². The summed E-state index contributed by atoms with van der Waals surface area (Å²) in [5.41, 5.74) is 1.15. The van der Waals surface area contributed by atoms with Crippen LogP contribution in [0.2, 0.25) is 0 Å². The van der Waals surface area contributed by atoms with Crippen LogP contribution in [0.25, 0.3) is 0 Å². The fourth-order valence-electron chi connectivity index (χ4n) is 3.46. The number of nitrogens with zero attached hydrogens (tertiary/aromatic N) is 2. The molecule has 1 heterocycles. The van der Waals surface area contributed by atoms with Crippen LogP contribution in [-0.2, 0) is 19.6 Å². The zero-order chi connectivity index (χ0) is 24.6. The van der Waals surface area contributed by atoms with E-state index in [2.05, 4.69) is 10.0 Å². The van der Waals surface area contributed by atoms with Gasteiger partial charge in [-0.3, -0.25) is 19.4 Å². The van der Waals surface area contributed by atoms with Crippen molar-refractivity contribution in [3.63, 3.8) is 0 Å². The number of hydrogen-bond acceptors (Lipinski definition) is 5. The van der Waals surface area contributed by atoms with Gasteiger partial charge < -0.3 is 5.32 Å². The molecule has 1 aliphatic heterocycles. The molecule has 0 aromatic heterocycles. The van der Waals surface area contributed by atoms with Gasteiger partial charge in [-0.25, -0.2) is 17.9 Å². The first kappa shape index (κ1) is 24.4. The number of sulfonamides is 1. The largest absolute Gasteiger partial charge is 0.332 e. The van der Waals surface area contributed by atoms with Crippen molar-refractivity contribution in [2.24, 2.45) is 0 Å². The van der Waals surface area contributed by atoms with Crippen molar-refractivity contribution < 1.29 is 22.8 Å². The summed E-state index contributed by atoms with van der Waals surface area (Å²) in [6, 6.07) is 11.6. The fourth-order valence-corrected chi connectivity index (χ4v) is 4.92. The van der Waals surface area contributed by atoms with E-state index in [4.69, 9.17) is 0 Å². The highest BCUT2D eigenvalue weighted by Crippen LogP contribution is 2.26. The molecule has 0 unspecified atom stereocenters. The van der Waals surface area contributed by atoms with Gasteiger partial charge in [0.1, 0.15) is 12.6 Å². The lowest BCUT2D eigenvalue weighted by Gasteiger charge is -2.20. The van der Waals surface area contributed by atoms with Crippen LogP contribution in [0.3, 0.4) is 0 Å². The Labute approximate surface area is 193 Å². The Hall–Kier alpha value is -3.24. The van der Waals surface area contributed by atoms with Gasteiger partial charge in [-0.05, 0) is 65.0 Å². The van der Waals surface area contributed by atoms with Crippen molar-refractivity contribution in [2.75, 3.05) is 16.8 Å². The summed E-state index contributed by atoms with van der Waals surface area (Å²) in [5, 5.41) is 2.57. The number of carbonyl (C=O) groups is 3. The number of carbonyl (C=O) groups excluding carboxylic acids is 3. The molecule has 3 rings (SSSR count). The molecule has 0 bridgehead atoms.